The minimum atomic E-state index is -0.0971. The normalized spacial score (nSPS) is 11.0. The molecule has 152 valence electrons. The molecule has 0 saturated carbocycles. The van der Waals surface area contributed by atoms with Gasteiger partial charge in [0.25, 0.3) is 5.91 Å². The number of nitrogens with one attached hydrogen (secondary N) is 2. The molecule has 2 N–H and O–H groups in total. The van der Waals surface area contributed by atoms with Crippen molar-refractivity contribution in [1.29, 1.82) is 0 Å². The summed E-state index contributed by atoms with van der Waals surface area (Å²) in [7, 11) is 0. The van der Waals surface area contributed by atoms with Crippen LogP contribution in [0.5, 0.6) is 0 Å². The van der Waals surface area contributed by atoms with E-state index in [0.717, 1.165) is 35.5 Å². The largest absolute Gasteiger partial charge is 0.380 e. The third-order valence-corrected chi connectivity index (χ3v) is 4.98. The highest BCUT2D eigenvalue weighted by atomic mass is 16.5. The molecule has 1 heterocycles. The zero-order valence-corrected chi connectivity index (χ0v) is 17.0. The van der Waals surface area contributed by atoms with Crippen molar-refractivity contribution in [2.75, 3.05) is 19.8 Å². The van der Waals surface area contributed by atoms with Crippen molar-refractivity contribution in [3.8, 4) is 22.5 Å². The summed E-state index contributed by atoms with van der Waals surface area (Å²) in [4.78, 5) is 12.3. The highest BCUT2D eigenvalue weighted by Gasteiger charge is 2.10. The van der Waals surface area contributed by atoms with Crippen molar-refractivity contribution < 1.29 is 9.53 Å². The lowest BCUT2D eigenvalue weighted by molar-refractivity contribution is 0.0915. The molecule has 1 amide bonds. The lowest BCUT2D eigenvalue weighted by Gasteiger charge is -2.06. The average molecular weight is 399 g/mol. The maximum absolute atomic E-state index is 12.3. The van der Waals surface area contributed by atoms with E-state index in [9.17, 15) is 4.79 Å². The van der Waals surface area contributed by atoms with Gasteiger partial charge in [-0.25, -0.2) is 0 Å². The monoisotopic (exact) mass is 399 g/mol. The van der Waals surface area contributed by atoms with Gasteiger partial charge in [0.2, 0.25) is 0 Å². The molecule has 0 saturated heterocycles. The minimum Gasteiger partial charge on any atom is -0.380 e. The number of ether oxygens (including phenoxy) is 1. The Labute approximate surface area is 176 Å². The number of benzene rings is 3. The molecule has 0 radical (unpaired) electrons. The third-order valence-electron chi connectivity index (χ3n) is 4.98. The first-order valence-corrected chi connectivity index (χ1v) is 10.3. The number of hydrogen-bond donors (Lipinski definition) is 2. The summed E-state index contributed by atoms with van der Waals surface area (Å²) in [5.41, 5.74) is 4.52. The molecule has 0 aliphatic rings. The van der Waals surface area contributed by atoms with Gasteiger partial charge in [-0.15, -0.1) is 0 Å². The second kappa shape index (κ2) is 9.37. The molecule has 0 aliphatic carbocycles. The van der Waals surface area contributed by atoms with Gasteiger partial charge in [-0.2, -0.15) is 5.10 Å². The van der Waals surface area contributed by atoms with Crippen molar-refractivity contribution in [3.05, 3.63) is 78.4 Å². The maximum Gasteiger partial charge on any atom is 0.251 e. The van der Waals surface area contributed by atoms with Gasteiger partial charge in [0.15, 0.2) is 0 Å². The van der Waals surface area contributed by atoms with Crippen molar-refractivity contribution in [2.24, 2.45) is 0 Å². The van der Waals surface area contributed by atoms with E-state index in [1.54, 1.807) is 0 Å². The molecule has 1 aromatic heterocycles. The zero-order chi connectivity index (χ0) is 20.8. The van der Waals surface area contributed by atoms with Gasteiger partial charge < -0.3 is 10.1 Å². The van der Waals surface area contributed by atoms with E-state index >= 15 is 0 Å². The molecular formula is C25H25N3O2. The van der Waals surface area contributed by atoms with Gasteiger partial charge >= 0.3 is 0 Å². The van der Waals surface area contributed by atoms with E-state index in [0.29, 0.717) is 18.7 Å². The fourth-order valence-corrected chi connectivity index (χ4v) is 3.45. The Morgan fingerprint density at radius 2 is 1.80 bits per heavy atom. The van der Waals surface area contributed by atoms with Crippen LogP contribution in [0.1, 0.15) is 23.7 Å². The Balaban J connectivity index is 1.47. The van der Waals surface area contributed by atoms with Crippen LogP contribution in [-0.4, -0.2) is 35.9 Å². The van der Waals surface area contributed by atoms with Crippen molar-refractivity contribution >= 4 is 16.7 Å². The highest BCUT2D eigenvalue weighted by Crippen LogP contribution is 2.29. The van der Waals surface area contributed by atoms with Gasteiger partial charge in [-0.05, 0) is 35.4 Å². The number of aromatic nitrogens is 2. The number of aromatic amines is 1. The summed E-state index contributed by atoms with van der Waals surface area (Å²) in [5.74, 6) is -0.0971. The Morgan fingerprint density at radius 3 is 2.63 bits per heavy atom. The lowest BCUT2D eigenvalue weighted by Crippen LogP contribution is -2.27. The van der Waals surface area contributed by atoms with Crippen LogP contribution < -0.4 is 5.32 Å². The van der Waals surface area contributed by atoms with E-state index in [1.807, 2.05) is 42.5 Å². The molecule has 0 unspecified atom stereocenters. The second-order valence-corrected chi connectivity index (χ2v) is 7.14. The fourth-order valence-electron chi connectivity index (χ4n) is 3.45. The quantitative estimate of drug-likeness (QED) is 0.407. The van der Waals surface area contributed by atoms with Crippen LogP contribution in [0.25, 0.3) is 33.3 Å². The molecule has 0 aliphatic heterocycles. The van der Waals surface area contributed by atoms with Gasteiger partial charge in [0.1, 0.15) is 0 Å². The molecule has 3 aromatic carbocycles. The number of carbonyl (C=O) groups excluding carboxylic acids is 1. The molecular weight excluding hydrogens is 374 g/mol. The Kier molecular flexibility index (Phi) is 6.20. The molecule has 0 atom stereocenters. The number of hydrogen-bond acceptors (Lipinski definition) is 3. The SMILES string of the molecule is CCCOCCNC(=O)c1ccc(-c2cc(-c3cccc4ccccc34)[nH]n2)cc1. The first-order valence-electron chi connectivity index (χ1n) is 10.3. The van der Waals surface area contributed by atoms with Gasteiger partial charge in [-0.1, -0.05) is 61.5 Å². The van der Waals surface area contributed by atoms with E-state index < -0.39 is 0 Å². The van der Waals surface area contributed by atoms with Gasteiger partial charge in [-0.3, -0.25) is 9.89 Å². The number of nitrogens with zero attached hydrogens (tertiary/aromatic N) is 1. The summed E-state index contributed by atoms with van der Waals surface area (Å²) >= 11 is 0. The third kappa shape index (κ3) is 4.42. The number of fused-ring (bicyclic) bond motifs is 1. The lowest BCUT2D eigenvalue weighted by atomic mass is 10.0. The number of rotatable bonds is 8. The first-order chi connectivity index (χ1) is 14.8. The van der Waals surface area contributed by atoms with E-state index in [-0.39, 0.29) is 5.91 Å². The molecule has 0 fully saturated rings. The van der Waals surface area contributed by atoms with Gasteiger partial charge in [0.05, 0.1) is 18.0 Å². The maximum atomic E-state index is 12.3. The smallest absolute Gasteiger partial charge is 0.251 e. The molecule has 4 rings (SSSR count). The summed E-state index contributed by atoms with van der Waals surface area (Å²) in [5, 5.41) is 12.9. The van der Waals surface area contributed by atoms with E-state index in [4.69, 9.17) is 4.74 Å². The molecule has 0 spiro atoms. The topological polar surface area (TPSA) is 67.0 Å². The van der Waals surface area contributed by atoms with Crippen molar-refractivity contribution in [1.82, 2.24) is 15.5 Å². The Hall–Kier alpha value is -3.44. The first kappa shape index (κ1) is 19.9. The van der Waals surface area contributed by atoms with Crippen molar-refractivity contribution in [2.45, 2.75) is 13.3 Å². The van der Waals surface area contributed by atoms with Crippen LogP contribution in [-0.2, 0) is 4.74 Å². The van der Waals surface area contributed by atoms with Crippen LogP contribution in [0, 0.1) is 0 Å². The molecule has 5 nitrogen and oxygen atoms in total. The zero-order valence-electron chi connectivity index (χ0n) is 17.0. The highest BCUT2D eigenvalue weighted by molar-refractivity contribution is 5.96. The standard InChI is InChI=1S/C25H25N3O2/c1-2-15-30-16-14-26-25(29)20-12-10-19(11-13-20)23-17-24(28-27-23)22-9-5-7-18-6-3-4-8-21(18)22/h3-13,17H,2,14-16H2,1H3,(H,26,29)(H,27,28). The van der Waals surface area contributed by atoms with Crippen molar-refractivity contribution in [3.63, 3.8) is 0 Å². The van der Waals surface area contributed by atoms with Crippen LogP contribution in [0.3, 0.4) is 0 Å². The van der Waals surface area contributed by atoms with Gasteiger partial charge in [0, 0.05) is 29.8 Å². The summed E-state index contributed by atoms with van der Waals surface area (Å²) < 4.78 is 5.39. The fraction of sp³-hybridized carbons (Fsp3) is 0.200. The second-order valence-electron chi connectivity index (χ2n) is 7.14. The number of amides is 1. The predicted molar refractivity (Wildman–Crippen MR) is 120 cm³/mol. The molecule has 4 aromatic rings. The molecule has 0 bridgehead atoms. The summed E-state index contributed by atoms with van der Waals surface area (Å²) in [6.07, 6.45) is 0.977. The molecule has 5 heteroatoms. The van der Waals surface area contributed by atoms with E-state index in [1.165, 1.54) is 10.8 Å². The Bertz CT molecular complexity index is 1130. The van der Waals surface area contributed by atoms with Crippen LogP contribution in [0.4, 0.5) is 0 Å². The average Bonchev–Trinajstić information content (AvgIpc) is 3.28. The van der Waals surface area contributed by atoms with Crippen LogP contribution in [0.15, 0.2) is 72.8 Å². The number of carbonyl (C=O) groups is 1. The van der Waals surface area contributed by atoms with E-state index in [2.05, 4.69) is 52.8 Å². The van der Waals surface area contributed by atoms with Crippen LogP contribution >= 0.6 is 0 Å². The summed E-state index contributed by atoms with van der Waals surface area (Å²) in [6, 6.07) is 24.1. The summed E-state index contributed by atoms with van der Waals surface area (Å²) in [6.45, 7) is 3.82. The predicted octanol–water partition coefficient (Wildman–Crippen LogP) is 5.05. The molecule has 30 heavy (non-hydrogen) atoms. The minimum absolute atomic E-state index is 0.0971. The number of H-pyrrole nitrogens is 1. The van der Waals surface area contributed by atoms with Crippen LogP contribution in [0.2, 0.25) is 0 Å². The Morgan fingerprint density at radius 1 is 1.00 bits per heavy atom.